The van der Waals surface area contributed by atoms with E-state index in [9.17, 15) is 8.42 Å². The van der Waals surface area contributed by atoms with Gasteiger partial charge in [-0.05, 0) is 39.0 Å². The van der Waals surface area contributed by atoms with Crippen LogP contribution in [0.5, 0.6) is 0 Å². The minimum atomic E-state index is -3.11. The Balaban J connectivity index is 2.59. The Labute approximate surface area is 119 Å². The molecule has 2 rings (SSSR count). The van der Waals surface area contributed by atoms with Gasteiger partial charge in [0.2, 0.25) is 0 Å². The maximum atomic E-state index is 12.1. The van der Waals surface area contributed by atoms with E-state index < -0.39 is 9.84 Å². The van der Waals surface area contributed by atoms with Crippen molar-refractivity contribution in [3.8, 4) is 0 Å². The molecule has 0 saturated carbocycles. The zero-order chi connectivity index (χ0) is 14.2. The van der Waals surface area contributed by atoms with Crippen molar-refractivity contribution in [3.63, 3.8) is 0 Å². The third-order valence-electron chi connectivity index (χ3n) is 3.36. The molecule has 0 saturated heterocycles. The molecule has 1 aromatic carbocycles. The van der Waals surface area contributed by atoms with Crippen LogP contribution in [0, 0.1) is 0 Å². The molecule has 104 valence electrons. The zero-order valence-corrected chi connectivity index (χ0v) is 12.9. The minimum absolute atomic E-state index is 0.0590. The topological polar surface area (TPSA) is 39.1 Å². The lowest BCUT2D eigenvalue weighted by molar-refractivity contribution is 0.584. The molecule has 1 heterocycles. The summed E-state index contributed by atoms with van der Waals surface area (Å²) in [6, 6.07) is 7.57. The van der Waals surface area contributed by atoms with Crippen LogP contribution in [0.1, 0.15) is 26.5 Å². The highest BCUT2D eigenvalue weighted by Gasteiger charge is 2.20. The monoisotopic (exact) mass is 299 g/mol. The first-order valence-electron chi connectivity index (χ1n) is 6.35. The van der Waals surface area contributed by atoms with Gasteiger partial charge in [0.25, 0.3) is 0 Å². The van der Waals surface area contributed by atoms with Crippen LogP contribution in [-0.2, 0) is 22.1 Å². The predicted octanol–water partition coefficient (Wildman–Crippen LogP) is 3.64. The van der Waals surface area contributed by atoms with E-state index in [1.54, 1.807) is 13.8 Å². The summed E-state index contributed by atoms with van der Waals surface area (Å²) in [5, 5.41) is 1.21. The van der Waals surface area contributed by atoms with Crippen LogP contribution in [0.25, 0.3) is 10.9 Å². The summed E-state index contributed by atoms with van der Waals surface area (Å²) in [5.41, 5.74) is 1.79. The smallest absolute Gasteiger partial charge is 0.158 e. The van der Waals surface area contributed by atoms with Crippen molar-refractivity contribution in [2.75, 3.05) is 0 Å². The van der Waals surface area contributed by atoms with Crippen molar-refractivity contribution in [3.05, 3.63) is 35.0 Å². The molecular weight excluding hydrogens is 282 g/mol. The normalized spacial score (nSPS) is 12.5. The van der Waals surface area contributed by atoms with Gasteiger partial charge in [-0.3, -0.25) is 0 Å². The number of halogens is 1. The van der Waals surface area contributed by atoms with Crippen molar-refractivity contribution in [1.82, 2.24) is 4.57 Å². The number of fused-ring (bicyclic) bond motifs is 1. The lowest BCUT2D eigenvalue weighted by Crippen LogP contribution is -2.18. The molecule has 5 heteroatoms. The molecule has 0 aliphatic heterocycles. The first-order chi connectivity index (χ1) is 8.86. The van der Waals surface area contributed by atoms with Gasteiger partial charge in [-0.25, -0.2) is 8.42 Å². The largest absolute Gasteiger partial charge is 0.344 e. The molecule has 3 nitrogen and oxygen atoms in total. The molecule has 0 aliphatic carbocycles. The van der Waals surface area contributed by atoms with Gasteiger partial charge in [-0.15, -0.1) is 0 Å². The Kier molecular flexibility index (Phi) is 3.92. The van der Waals surface area contributed by atoms with Crippen molar-refractivity contribution >= 4 is 32.3 Å². The van der Waals surface area contributed by atoms with E-state index >= 15 is 0 Å². The van der Waals surface area contributed by atoms with E-state index in [4.69, 9.17) is 11.6 Å². The van der Waals surface area contributed by atoms with Gasteiger partial charge in [-0.2, -0.15) is 0 Å². The second kappa shape index (κ2) is 5.17. The molecule has 0 amide bonds. The van der Waals surface area contributed by atoms with Crippen LogP contribution in [0.2, 0.25) is 5.02 Å². The van der Waals surface area contributed by atoms with Crippen LogP contribution < -0.4 is 0 Å². The highest BCUT2D eigenvalue weighted by Crippen LogP contribution is 2.28. The number of rotatable bonds is 4. The lowest BCUT2D eigenvalue weighted by atomic mass is 10.2. The third kappa shape index (κ3) is 2.65. The average Bonchev–Trinajstić information content (AvgIpc) is 2.67. The fraction of sp³-hybridized carbons (Fsp3) is 0.429. The van der Waals surface area contributed by atoms with E-state index in [-0.39, 0.29) is 11.0 Å². The summed E-state index contributed by atoms with van der Waals surface area (Å²) in [4.78, 5) is 0. The Bertz CT molecular complexity index is 702. The van der Waals surface area contributed by atoms with E-state index in [1.165, 1.54) is 0 Å². The molecule has 0 aliphatic rings. The molecule has 0 fully saturated rings. The number of aromatic nitrogens is 1. The maximum Gasteiger partial charge on any atom is 0.158 e. The molecule has 0 bridgehead atoms. The standard InChI is InChI=1S/C14H18ClNO2S/c1-4-16-11(9-19(17,18)10(2)3)8-12-13(15)6-5-7-14(12)16/h5-8,10H,4,9H2,1-3H3. The number of sulfone groups is 1. The van der Waals surface area contributed by atoms with E-state index in [0.717, 1.165) is 23.1 Å². The molecule has 2 aromatic rings. The minimum Gasteiger partial charge on any atom is -0.344 e. The Morgan fingerprint density at radius 1 is 1.32 bits per heavy atom. The number of nitrogens with zero attached hydrogens (tertiary/aromatic N) is 1. The third-order valence-corrected chi connectivity index (χ3v) is 5.83. The first-order valence-corrected chi connectivity index (χ1v) is 8.44. The van der Waals surface area contributed by atoms with Crippen molar-refractivity contribution in [2.24, 2.45) is 0 Å². The SMILES string of the molecule is CCn1c(CS(=O)(=O)C(C)C)cc2c(Cl)cccc21. The highest BCUT2D eigenvalue weighted by molar-refractivity contribution is 7.91. The van der Waals surface area contributed by atoms with E-state index in [2.05, 4.69) is 0 Å². The molecule has 19 heavy (non-hydrogen) atoms. The summed E-state index contributed by atoms with van der Waals surface area (Å²) in [5.74, 6) is 0.0590. The predicted molar refractivity (Wildman–Crippen MR) is 80.4 cm³/mol. The quantitative estimate of drug-likeness (QED) is 0.864. The van der Waals surface area contributed by atoms with Crippen molar-refractivity contribution < 1.29 is 8.42 Å². The molecule has 0 spiro atoms. The Hall–Kier alpha value is -1.00. The van der Waals surface area contributed by atoms with Crippen molar-refractivity contribution in [1.29, 1.82) is 0 Å². The second-order valence-corrected chi connectivity index (χ2v) is 7.87. The van der Waals surface area contributed by atoms with Gasteiger partial charge in [0.05, 0.1) is 11.0 Å². The van der Waals surface area contributed by atoms with Crippen LogP contribution in [-0.4, -0.2) is 18.2 Å². The fourth-order valence-corrected chi connectivity index (χ4v) is 3.38. The van der Waals surface area contributed by atoms with Crippen LogP contribution in [0.3, 0.4) is 0 Å². The molecule has 1 aromatic heterocycles. The molecule has 0 unspecified atom stereocenters. The number of aryl methyl sites for hydroxylation is 1. The molecule has 0 N–H and O–H groups in total. The number of benzene rings is 1. The summed E-state index contributed by atoms with van der Waals surface area (Å²) >= 11 is 6.17. The molecule has 0 radical (unpaired) electrons. The summed E-state index contributed by atoms with van der Waals surface area (Å²) in [6.07, 6.45) is 0. The van der Waals surface area contributed by atoms with Gasteiger partial charge < -0.3 is 4.57 Å². The zero-order valence-electron chi connectivity index (χ0n) is 11.4. The molecule has 0 atom stereocenters. The van der Waals surface area contributed by atoms with Crippen molar-refractivity contribution in [2.45, 2.75) is 38.3 Å². The first kappa shape index (κ1) is 14.4. The highest BCUT2D eigenvalue weighted by atomic mass is 35.5. The van der Waals surface area contributed by atoms with Gasteiger partial charge in [-0.1, -0.05) is 17.7 Å². The van der Waals surface area contributed by atoms with Crippen LogP contribution >= 0.6 is 11.6 Å². The van der Waals surface area contributed by atoms with Crippen LogP contribution in [0.4, 0.5) is 0 Å². The summed E-state index contributed by atoms with van der Waals surface area (Å²) in [7, 11) is -3.11. The average molecular weight is 300 g/mol. The van der Waals surface area contributed by atoms with E-state index in [1.807, 2.05) is 35.8 Å². The number of hydrogen-bond donors (Lipinski definition) is 0. The van der Waals surface area contributed by atoms with E-state index in [0.29, 0.717) is 5.02 Å². The van der Waals surface area contributed by atoms with Gasteiger partial charge in [0, 0.05) is 28.2 Å². The van der Waals surface area contributed by atoms with Gasteiger partial charge in [0.15, 0.2) is 9.84 Å². The van der Waals surface area contributed by atoms with Crippen LogP contribution in [0.15, 0.2) is 24.3 Å². The lowest BCUT2D eigenvalue weighted by Gasteiger charge is -2.10. The fourth-order valence-electron chi connectivity index (χ4n) is 2.17. The summed E-state index contributed by atoms with van der Waals surface area (Å²) < 4.78 is 26.2. The Morgan fingerprint density at radius 3 is 2.58 bits per heavy atom. The molecular formula is C14H18ClNO2S. The second-order valence-electron chi connectivity index (χ2n) is 4.91. The van der Waals surface area contributed by atoms with Gasteiger partial charge >= 0.3 is 0 Å². The Morgan fingerprint density at radius 2 is 2.00 bits per heavy atom. The number of hydrogen-bond acceptors (Lipinski definition) is 2. The summed E-state index contributed by atoms with van der Waals surface area (Å²) in [6.45, 7) is 6.15. The maximum absolute atomic E-state index is 12.1. The van der Waals surface area contributed by atoms with Gasteiger partial charge in [0.1, 0.15) is 0 Å².